The minimum atomic E-state index is -0.880. The molecule has 2 aromatic heterocycles. The van der Waals surface area contributed by atoms with Crippen molar-refractivity contribution in [2.45, 2.75) is 19.8 Å². The highest BCUT2D eigenvalue weighted by Crippen LogP contribution is 2.05. The summed E-state index contributed by atoms with van der Waals surface area (Å²) in [5, 5.41) is 12.9. The first-order valence-corrected chi connectivity index (χ1v) is 4.75. The summed E-state index contributed by atoms with van der Waals surface area (Å²) in [6.07, 6.45) is 2.44. The van der Waals surface area contributed by atoms with Gasteiger partial charge in [-0.2, -0.15) is 5.10 Å². The number of aliphatic carboxylic acids is 1. The van der Waals surface area contributed by atoms with Gasteiger partial charge in [0.05, 0.1) is 24.0 Å². The second kappa shape index (κ2) is 3.68. The molecule has 0 aromatic carbocycles. The van der Waals surface area contributed by atoms with Crippen molar-refractivity contribution in [1.82, 2.24) is 14.6 Å². The van der Waals surface area contributed by atoms with Gasteiger partial charge in [0.15, 0.2) is 5.65 Å². The summed E-state index contributed by atoms with van der Waals surface area (Å²) >= 11 is 0. The van der Waals surface area contributed by atoms with Gasteiger partial charge in [0.1, 0.15) is 0 Å². The van der Waals surface area contributed by atoms with Gasteiger partial charge in [-0.15, -0.1) is 0 Å². The zero-order chi connectivity index (χ0) is 10.8. The third kappa shape index (κ3) is 1.96. The molecule has 0 saturated carbocycles. The minimum Gasteiger partial charge on any atom is -0.481 e. The van der Waals surface area contributed by atoms with E-state index in [0.717, 1.165) is 12.1 Å². The molecule has 0 amide bonds. The summed E-state index contributed by atoms with van der Waals surface area (Å²) in [6, 6.07) is 3.74. The Hall–Kier alpha value is -1.91. The molecule has 0 aliphatic rings. The van der Waals surface area contributed by atoms with Gasteiger partial charge >= 0.3 is 5.97 Å². The molecule has 0 fully saturated rings. The summed E-state index contributed by atoms with van der Waals surface area (Å²) in [5.74, 6) is -0.880. The van der Waals surface area contributed by atoms with Crippen molar-refractivity contribution in [1.29, 1.82) is 0 Å². The Kier molecular flexibility index (Phi) is 2.37. The van der Waals surface area contributed by atoms with Crippen LogP contribution in [-0.2, 0) is 17.6 Å². The molecule has 2 heterocycles. The van der Waals surface area contributed by atoms with Gasteiger partial charge in [0.25, 0.3) is 0 Å². The van der Waals surface area contributed by atoms with Crippen LogP contribution in [0.3, 0.4) is 0 Å². The molecule has 0 saturated heterocycles. The van der Waals surface area contributed by atoms with Crippen LogP contribution < -0.4 is 0 Å². The zero-order valence-corrected chi connectivity index (χ0v) is 8.34. The zero-order valence-electron chi connectivity index (χ0n) is 8.34. The predicted octanol–water partition coefficient (Wildman–Crippen LogP) is 0.919. The van der Waals surface area contributed by atoms with Crippen LogP contribution in [0.5, 0.6) is 0 Å². The fraction of sp³-hybridized carbons (Fsp3) is 0.300. The highest BCUT2D eigenvalue weighted by atomic mass is 16.4. The fourth-order valence-electron chi connectivity index (χ4n) is 1.40. The number of imidazole rings is 1. The van der Waals surface area contributed by atoms with Crippen molar-refractivity contribution >= 4 is 11.6 Å². The largest absolute Gasteiger partial charge is 0.481 e. The van der Waals surface area contributed by atoms with Crippen molar-refractivity contribution < 1.29 is 9.90 Å². The van der Waals surface area contributed by atoms with Crippen molar-refractivity contribution in [2.24, 2.45) is 0 Å². The molecule has 0 aliphatic carbocycles. The topological polar surface area (TPSA) is 67.5 Å². The average molecular weight is 205 g/mol. The van der Waals surface area contributed by atoms with Gasteiger partial charge < -0.3 is 5.11 Å². The van der Waals surface area contributed by atoms with E-state index in [9.17, 15) is 4.79 Å². The number of nitrogens with zero attached hydrogens (tertiary/aromatic N) is 3. The average Bonchev–Trinajstić information content (AvgIpc) is 2.57. The van der Waals surface area contributed by atoms with Gasteiger partial charge in [0, 0.05) is 0 Å². The molecule has 0 unspecified atom stereocenters. The maximum absolute atomic E-state index is 10.5. The molecular formula is C10H11N3O2. The lowest BCUT2D eigenvalue weighted by Gasteiger charge is -1.95. The third-order valence-electron chi connectivity index (χ3n) is 2.12. The highest BCUT2D eigenvalue weighted by molar-refractivity contribution is 5.69. The number of fused-ring (bicyclic) bond motifs is 1. The number of hydrogen-bond acceptors (Lipinski definition) is 3. The van der Waals surface area contributed by atoms with Crippen LogP contribution >= 0.6 is 0 Å². The second-order valence-electron chi connectivity index (χ2n) is 3.28. The Balaban J connectivity index is 2.42. The number of carboxylic acids is 1. The first kappa shape index (κ1) is 9.64. The lowest BCUT2D eigenvalue weighted by molar-refractivity contribution is -0.136. The van der Waals surface area contributed by atoms with E-state index in [2.05, 4.69) is 10.1 Å². The molecule has 15 heavy (non-hydrogen) atoms. The maximum atomic E-state index is 10.5. The standard InChI is InChI=1S/C10H11N3O2/c1-2-7-3-4-9-11-8(5-10(14)15)6-13(9)12-7/h3-4,6H,2,5H2,1H3,(H,14,15). The van der Waals surface area contributed by atoms with E-state index in [0.29, 0.717) is 11.3 Å². The van der Waals surface area contributed by atoms with Gasteiger partial charge in [0.2, 0.25) is 0 Å². The molecule has 5 heteroatoms. The summed E-state index contributed by atoms with van der Waals surface area (Å²) in [6.45, 7) is 2.02. The van der Waals surface area contributed by atoms with Gasteiger partial charge in [-0.25, -0.2) is 9.50 Å². The normalized spacial score (nSPS) is 10.7. The number of hydrogen-bond donors (Lipinski definition) is 1. The van der Waals surface area contributed by atoms with Crippen molar-refractivity contribution in [2.75, 3.05) is 0 Å². The number of carboxylic acid groups (broad SMARTS) is 1. The molecular weight excluding hydrogens is 194 g/mol. The number of aromatic nitrogens is 3. The summed E-state index contributed by atoms with van der Waals surface area (Å²) < 4.78 is 1.62. The molecule has 1 N–H and O–H groups in total. The van der Waals surface area contributed by atoms with E-state index < -0.39 is 5.97 Å². The van der Waals surface area contributed by atoms with E-state index in [1.54, 1.807) is 10.7 Å². The SMILES string of the molecule is CCc1ccc2nc(CC(=O)O)cn2n1. The fourth-order valence-corrected chi connectivity index (χ4v) is 1.40. The smallest absolute Gasteiger partial charge is 0.309 e. The minimum absolute atomic E-state index is 0.0647. The van der Waals surface area contributed by atoms with Crippen molar-refractivity contribution in [3.63, 3.8) is 0 Å². The monoisotopic (exact) mass is 205 g/mol. The van der Waals surface area contributed by atoms with E-state index in [-0.39, 0.29) is 6.42 Å². The lowest BCUT2D eigenvalue weighted by atomic mass is 10.3. The Morgan fingerprint density at radius 1 is 1.47 bits per heavy atom. The summed E-state index contributed by atoms with van der Waals surface area (Å²) in [4.78, 5) is 14.6. The van der Waals surface area contributed by atoms with Gasteiger partial charge in [-0.05, 0) is 18.6 Å². The maximum Gasteiger partial charge on any atom is 0.309 e. The molecule has 78 valence electrons. The van der Waals surface area contributed by atoms with Crippen molar-refractivity contribution in [3.8, 4) is 0 Å². The molecule has 0 spiro atoms. The van der Waals surface area contributed by atoms with Crippen LogP contribution in [0.2, 0.25) is 0 Å². The van der Waals surface area contributed by atoms with Crippen LogP contribution in [0.4, 0.5) is 0 Å². The Morgan fingerprint density at radius 2 is 2.27 bits per heavy atom. The van der Waals surface area contributed by atoms with E-state index in [4.69, 9.17) is 5.11 Å². The molecule has 0 atom stereocenters. The lowest BCUT2D eigenvalue weighted by Crippen LogP contribution is -1.99. The number of rotatable bonds is 3. The Morgan fingerprint density at radius 3 is 2.93 bits per heavy atom. The van der Waals surface area contributed by atoms with Gasteiger partial charge in [-0.3, -0.25) is 4.79 Å². The Labute approximate surface area is 86.4 Å². The van der Waals surface area contributed by atoms with Gasteiger partial charge in [-0.1, -0.05) is 6.92 Å². The van der Waals surface area contributed by atoms with Crippen LogP contribution in [0, 0.1) is 0 Å². The molecule has 2 rings (SSSR count). The first-order chi connectivity index (χ1) is 7.19. The second-order valence-corrected chi connectivity index (χ2v) is 3.28. The summed E-state index contributed by atoms with van der Waals surface area (Å²) in [7, 11) is 0. The van der Waals surface area contributed by atoms with Crippen LogP contribution in [0.1, 0.15) is 18.3 Å². The molecule has 0 bridgehead atoms. The van der Waals surface area contributed by atoms with Crippen LogP contribution in [-0.4, -0.2) is 25.7 Å². The van der Waals surface area contributed by atoms with Crippen LogP contribution in [0.25, 0.3) is 5.65 Å². The summed E-state index contributed by atoms with van der Waals surface area (Å²) in [5.41, 5.74) is 2.17. The van der Waals surface area contributed by atoms with E-state index in [1.807, 2.05) is 19.1 Å². The molecule has 0 aliphatic heterocycles. The van der Waals surface area contributed by atoms with Crippen molar-refractivity contribution in [3.05, 3.63) is 29.7 Å². The predicted molar refractivity (Wildman–Crippen MR) is 53.7 cm³/mol. The number of aryl methyl sites for hydroxylation is 1. The van der Waals surface area contributed by atoms with Crippen LogP contribution in [0.15, 0.2) is 18.3 Å². The van der Waals surface area contributed by atoms with E-state index in [1.165, 1.54) is 0 Å². The first-order valence-electron chi connectivity index (χ1n) is 4.75. The molecule has 2 aromatic rings. The third-order valence-corrected chi connectivity index (χ3v) is 2.12. The highest BCUT2D eigenvalue weighted by Gasteiger charge is 2.06. The van der Waals surface area contributed by atoms with E-state index >= 15 is 0 Å². The molecule has 0 radical (unpaired) electrons. The Bertz CT molecular complexity index is 504. The quantitative estimate of drug-likeness (QED) is 0.809. The molecule has 5 nitrogen and oxygen atoms in total. The number of carbonyl (C=O) groups is 1.